The van der Waals surface area contributed by atoms with Gasteiger partial charge in [0.1, 0.15) is 0 Å². The molecule has 0 atom stereocenters. The van der Waals surface area contributed by atoms with Gasteiger partial charge >= 0.3 is 0 Å². The van der Waals surface area contributed by atoms with Gasteiger partial charge in [-0.2, -0.15) is 0 Å². The van der Waals surface area contributed by atoms with Crippen molar-refractivity contribution in [2.75, 3.05) is 30.3 Å². The van der Waals surface area contributed by atoms with Crippen molar-refractivity contribution in [2.45, 2.75) is 26.8 Å². The van der Waals surface area contributed by atoms with Crippen LogP contribution in [0.4, 0.5) is 5.13 Å². The fraction of sp³-hybridized carbons (Fsp3) is 0.727. The highest BCUT2D eigenvalue weighted by atomic mass is 32.2. The largest absolute Gasteiger partial charge is 0.349 e. The number of aromatic nitrogens is 1. The van der Waals surface area contributed by atoms with Gasteiger partial charge in [0.25, 0.3) is 0 Å². The Morgan fingerprint density at radius 3 is 2.68 bits per heavy atom. The number of anilines is 1. The molecule has 0 amide bonds. The molecule has 0 aliphatic rings. The van der Waals surface area contributed by atoms with E-state index in [4.69, 9.17) is 5.14 Å². The van der Waals surface area contributed by atoms with E-state index >= 15 is 0 Å². The van der Waals surface area contributed by atoms with E-state index in [-0.39, 0.29) is 5.75 Å². The molecule has 0 aromatic carbocycles. The van der Waals surface area contributed by atoms with Crippen molar-refractivity contribution in [1.29, 1.82) is 0 Å². The molecule has 0 aliphatic heterocycles. The smallest absolute Gasteiger partial charge is 0.209 e. The number of sulfonamides is 1. The van der Waals surface area contributed by atoms with Crippen LogP contribution in [-0.2, 0) is 16.6 Å². The van der Waals surface area contributed by atoms with Crippen LogP contribution in [0.3, 0.4) is 0 Å². The van der Waals surface area contributed by atoms with E-state index in [1.807, 2.05) is 6.20 Å². The normalized spacial score (nSPS) is 11.7. The van der Waals surface area contributed by atoms with Gasteiger partial charge in [0.15, 0.2) is 5.13 Å². The van der Waals surface area contributed by atoms with Gasteiger partial charge in [0, 0.05) is 30.7 Å². The second-order valence-electron chi connectivity index (χ2n) is 4.18. The van der Waals surface area contributed by atoms with Crippen LogP contribution in [0.15, 0.2) is 6.20 Å². The van der Waals surface area contributed by atoms with Crippen LogP contribution < -0.4 is 15.4 Å². The molecule has 0 bridgehead atoms. The van der Waals surface area contributed by atoms with Crippen molar-refractivity contribution in [2.24, 2.45) is 5.14 Å². The number of hydrogen-bond donors (Lipinski definition) is 2. The second kappa shape index (κ2) is 7.78. The molecule has 3 N–H and O–H groups in total. The molecule has 0 unspecified atom stereocenters. The summed E-state index contributed by atoms with van der Waals surface area (Å²) in [6, 6.07) is 0. The summed E-state index contributed by atoms with van der Waals surface area (Å²) < 4.78 is 21.5. The number of hydrogen-bond acceptors (Lipinski definition) is 6. The van der Waals surface area contributed by atoms with Crippen LogP contribution in [0.5, 0.6) is 0 Å². The van der Waals surface area contributed by atoms with E-state index in [0.717, 1.165) is 23.1 Å². The quantitative estimate of drug-likeness (QED) is 0.658. The molecule has 6 nitrogen and oxygen atoms in total. The van der Waals surface area contributed by atoms with E-state index in [1.54, 1.807) is 11.3 Å². The van der Waals surface area contributed by atoms with Crippen molar-refractivity contribution in [3.05, 3.63) is 11.1 Å². The number of rotatable bonds is 9. The van der Waals surface area contributed by atoms with Crippen LogP contribution in [0, 0.1) is 0 Å². The molecule has 0 fully saturated rings. The minimum atomic E-state index is -3.34. The van der Waals surface area contributed by atoms with Crippen LogP contribution in [-0.4, -0.2) is 38.8 Å². The van der Waals surface area contributed by atoms with Gasteiger partial charge in [0.2, 0.25) is 10.0 Å². The fourth-order valence-corrected chi connectivity index (χ4v) is 3.18. The molecular weight excluding hydrogens is 284 g/mol. The van der Waals surface area contributed by atoms with E-state index in [2.05, 4.69) is 29.0 Å². The SMILES string of the molecule is CCN(CC)c1ncc(CNCCCS(N)(=O)=O)s1. The lowest BCUT2D eigenvalue weighted by Crippen LogP contribution is -2.22. The standard InChI is InChI=1S/C11H22N4O2S2/c1-3-15(4-2)11-14-9-10(18-11)8-13-6-5-7-19(12,16)17/h9,13H,3-8H2,1-2H3,(H2,12,16,17). The first-order valence-corrected chi connectivity index (χ1v) is 8.90. The molecular formula is C11H22N4O2S2. The third-order valence-corrected chi connectivity index (χ3v) is 4.57. The Labute approximate surface area is 119 Å². The zero-order valence-electron chi connectivity index (χ0n) is 11.4. The van der Waals surface area contributed by atoms with E-state index in [1.165, 1.54) is 0 Å². The number of primary sulfonamides is 1. The van der Waals surface area contributed by atoms with Gasteiger partial charge in [-0.15, -0.1) is 11.3 Å². The molecule has 1 aromatic rings. The zero-order chi connectivity index (χ0) is 14.3. The summed E-state index contributed by atoms with van der Waals surface area (Å²) in [6.07, 6.45) is 2.39. The molecule has 1 aromatic heterocycles. The van der Waals surface area contributed by atoms with Gasteiger partial charge in [-0.1, -0.05) is 0 Å². The average Bonchev–Trinajstić information content (AvgIpc) is 2.77. The van der Waals surface area contributed by atoms with Crippen molar-refractivity contribution < 1.29 is 8.42 Å². The van der Waals surface area contributed by atoms with E-state index < -0.39 is 10.0 Å². The minimum Gasteiger partial charge on any atom is -0.349 e. The lowest BCUT2D eigenvalue weighted by molar-refractivity contribution is 0.590. The number of nitrogens with zero attached hydrogens (tertiary/aromatic N) is 2. The maximum atomic E-state index is 10.7. The predicted octanol–water partition coefficient (Wildman–Crippen LogP) is 0.758. The average molecular weight is 306 g/mol. The van der Waals surface area contributed by atoms with Crippen molar-refractivity contribution in [3.8, 4) is 0 Å². The van der Waals surface area contributed by atoms with Crippen molar-refractivity contribution in [3.63, 3.8) is 0 Å². The van der Waals surface area contributed by atoms with Gasteiger partial charge in [-0.25, -0.2) is 18.5 Å². The Bertz CT molecular complexity index is 469. The number of nitrogens with two attached hydrogens (primary N) is 1. The Kier molecular flexibility index (Phi) is 6.70. The highest BCUT2D eigenvalue weighted by molar-refractivity contribution is 7.89. The summed E-state index contributed by atoms with van der Waals surface area (Å²) in [5, 5.41) is 9.16. The molecule has 0 aliphatic carbocycles. The van der Waals surface area contributed by atoms with Crippen molar-refractivity contribution >= 4 is 26.5 Å². The van der Waals surface area contributed by atoms with E-state index in [0.29, 0.717) is 19.5 Å². The zero-order valence-corrected chi connectivity index (χ0v) is 13.1. The maximum absolute atomic E-state index is 10.7. The number of nitrogens with one attached hydrogen (secondary N) is 1. The van der Waals surface area contributed by atoms with Gasteiger partial charge in [-0.3, -0.25) is 0 Å². The molecule has 1 rings (SSSR count). The first-order valence-electron chi connectivity index (χ1n) is 6.37. The molecule has 0 saturated heterocycles. The summed E-state index contributed by atoms with van der Waals surface area (Å²) in [6.45, 7) is 7.46. The summed E-state index contributed by atoms with van der Waals surface area (Å²) >= 11 is 1.66. The minimum absolute atomic E-state index is 0.0212. The Morgan fingerprint density at radius 2 is 2.11 bits per heavy atom. The van der Waals surface area contributed by atoms with Gasteiger partial charge in [-0.05, 0) is 26.8 Å². The van der Waals surface area contributed by atoms with Gasteiger partial charge < -0.3 is 10.2 Å². The van der Waals surface area contributed by atoms with E-state index in [9.17, 15) is 8.42 Å². The van der Waals surface area contributed by atoms with Crippen LogP contribution in [0.2, 0.25) is 0 Å². The second-order valence-corrected chi connectivity index (χ2v) is 7.01. The molecule has 0 radical (unpaired) electrons. The maximum Gasteiger partial charge on any atom is 0.209 e. The molecule has 1 heterocycles. The summed E-state index contributed by atoms with van der Waals surface area (Å²) in [5.41, 5.74) is 0. The summed E-state index contributed by atoms with van der Waals surface area (Å²) in [5.74, 6) is 0.0212. The Hall–Kier alpha value is -0.700. The monoisotopic (exact) mass is 306 g/mol. The fourth-order valence-electron chi connectivity index (χ4n) is 1.63. The topological polar surface area (TPSA) is 88.3 Å². The molecule has 8 heteroatoms. The van der Waals surface area contributed by atoms with Gasteiger partial charge in [0.05, 0.1) is 5.75 Å². The third kappa shape index (κ3) is 6.33. The highest BCUT2D eigenvalue weighted by Gasteiger charge is 2.07. The summed E-state index contributed by atoms with van der Waals surface area (Å²) in [7, 11) is -3.34. The van der Waals surface area contributed by atoms with Crippen LogP contribution in [0.1, 0.15) is 25.1 Å². The first kappa shape index (κ1) is 16.4. The Morgan fingerprint density at radius 1 is 1.42 bits per heavy atom. The highest BCUT2D eigenvalue weighted by Crippen LogP contribution is 2.21. The van der Waals surface area contributed by atoms with Crippen molar-refractivity contribution in [1.82, 2.24) is 10.3 Å². The molecule has 110 valence electrons. The van der Waals surface area contributed by atoms with Crippen LogP contribution in [0.25, 0.3) is 0 Å². The molecule has 19 heavy (non-hydrogen) atoms. The predicted molar refractivity (Wildman–Crippen MR) is 80.0 cm³/mol. The first-order chi connectivity index (χ1) is 8.96. The van der Waals surface area contributed by atoms with Crippen LogP contribution >= 0.6 is 11.3 Å². The summed E-state index contributed by atoms with van der Waals surface area (Å²) in [4.78, 5) is 7.74. The lowest BCUT2D eigenvalue weighted by atomic mass is 10.4. The molecule has 0 saturated carbocycles. The Balaban J connectivity index is 2.31. The number of thiazole rings is 1. The lowest BCUT2D eigenvalue weighted by Gasteiger charge is -2.16. The molecule has 0 spiro atoms. The third-order valence-electron chi connectivity index (χ3n) is 2.66.